The number of rotatable bonds is 5. The number of carbonyl (C=O) groups is 1. The van der Waals surface area contributed by atoms with Gasteiger partial charge in [0.2, 0.25) is 0 Å². The molecule has 1 N–H and O–H groups in total. The number of nitrogens with zero attached hydrogens (tertiary/aromatic N) is 4. The Balaban J connectivity index is 1.27. The lowest BCUT2D eigenvalue weighted by atomic mass is 10.0. The predicted octanol–water partition coefficient (Wildman–Crippen LogP) is 3.62. The van der Waals surface area contributed by atoms with Gasteiger partial charge in [-0.2, -0.15) is 0 Å². The fourth-order valence-corrected chi connectivity index (χ4v) is 4.66. The van der Waals surface area contributed by atoms with Crippen LogP contribution in [0.2, 0.25) is 0 Å². The highest BCUT2D eigenvalue weighted by molar-refractivity contribution is 6.02. The third-order valence-electron chi connectivity index (χ3n) is 6.39. The molecule has 0 aliphatic carbocycles. The van der Waals surface area contributed by atoms with Crippen LogP contribution < -0.4 is 10.2 Å². The van der Waals surface area contributed by atoms with E-state index in [1.54, 1.807) is 0 Å². The summed E-state index contributed by atoms with van der Waals surface area (Å²) in [5.74, 6) is 0.838. The van der Waals surface area contributed by atoms with E-state index in [0.717, 1.165) is 80.8 Å². The van der Waals surface area contributed by atoms with Gasteiger partial charge in [0.1, 0.15) is 5.82 Å². The van der Waals surface area contributed by atoms with Crippen LogP contribution in [0.15, 0.2) is 54.7 Å². The van der Waals surface area contributed by atoms with E-state index >= 15 is 0 Å². The van der Waals surface area contributed by atoms with Gasteiger partial charge in [-0.05, 0) is 49.9 Å². The molecule has 0 radical (unpaired) electrons. The number of benzene rings is 1. The fourth-order valence-electron chi connectivity index (χ4n) is 4.66. The number of hydrogen-bond acceptors (Lipinski definition) is 5. The minimum absolute atomic E-state index is 0.00308. The zero-order valence-electron chi connectivity index (χ0n) is 17.8. The molecule has 0 spiro atoms. The zero-order valence-corrected chi connectivity index (χ0v) is 17.8. The molecule has 2 aliphatic heterocycles. The van der Waals surface area contributed by atoms with E-state index in [0.29, 0.717) is 5.56 Å². The maximum atomic E-state index is 13.3. The van der Waals surface area contributed by atoms with Crippen molar-refractivity contribution in [3.8, 4) is 0 Å². The highest BCUT2D eigenvalue weighted by Gasteiger charge is 2.25. The van der Waals surface area contributed by atoms with Crippen LogP contribution in [0.5, 0.6) is 0 Å². The average Bonchev–Trinajstić information content (AvgIpc) is 3.35. The third-order valence-corrected chi connectivity index (χ3v) is 6.39. The summed E-state index contributed by atoms with van der Waals surface area (Å²) >= 11 is 0. The first kappa shape index (κ1) is 19.9. The van der Waals surface area contributed by atoms with E-state index in [1.165, 1.54) is 0 Å². The SMILES string of the molecule is O=C(NC1CCN(Cc2ccccn2)CC1)c1cc2ccccc2nc1N1CCCC1. The van der Waals surface area contributed by atoms with Crippen molar-refractivity contribution in [2.24, 2.45) is 0 Å². The van der Waals surface area contributed by atoms with E-state index in [1.807, 2.05) is 48.7 Å². The van der Waals surface area contributed by atoms with Gasteiger partial charge in [-0.3, -0.25) is 14.7 Å². The Hall–Kier alpha value is -2.99. The van der Waals surface area contributed by atoms with Crippen molar-refractivity contribution in [2.45, 2.75) is 38.3 Å². The first-order valence-corrected chi connectivity index (χ1v) is 11.3. The smallest absolute Gasteiger partial charge is 0.255 e. The van der Waals surface area contributed by atoms with Crippen molar-refractivity contribution in [3.63, 3.8) is 0 Å². The molecule has 0 atom stereocenters. The standard InChI is InChI=1S/C25H29N5O/c31-25(27-20-10-15-29(16-11-20)18-21-8-3-4-12-26-21)22-17-19-7-1-2-9-23(19)28-24(22)30-13-5-6-14-30/h1-4,7-9,12,17,20H,5-6,10-11,13-16,18H2,(H,27,31). The fraction of sp³-hybridized carbons (Fsp3) is 0.400. The van der Waals surface area contributed by atoms with E-state index in [-0.39, 0.29) is 11.9 Å². The molecule has 0 bridgehead atoms. The summed E-state index contributed by atoms with van der Waals surface area (Å²) in [6.45, 7) is 4.75. The van der Waals surface area contributed by atoms with Crippen molar-refractivity contribution in [2.75, 3.05) is 31.1 Å². The van der Waals surface area contributed by atoms with Crippen LogP contribution in [0.4, 0.5) is 5.82 Å². The molecule has 1 amide bonds. The summed E-state index contributed by atoms with van der Waals surface area (Å²) in [5.41, 5.74) is 2.75. The predicted molar refractivity (Wildman–Crippen MR) is 123 cm³/mol. The van der Waals surface area contributed by atoms with Crippen LogP contribution in [0.3, 0.4) is 0 Å². The van der Waals surface area contributed by atoms with Crippen molar-refractivity contribution in [3.05, 3.63) is 66.0 Å². The van der Waals surface area contributed by atoms with Gasteiger partial charge < -0.3 is 10.2 Å². The molecule has 4 heterocycles. The normalized spacial score (nSPS) is 17.9. The van der Waals surface area contributed by atoms with E-state index in [9.17, 15) is 4.79 Å². The molecule has 6 heteroatoms. The monoisotopic (exact) mass is 415 g/mol. The second-order valence-electron chi connectivity index (χ2n) is 8.59. The number of piperidine rings is 1. The van der Waals surface area contributed by atoms with Gasteiger partial charge in [0.25, 0.3) is 5.91 Å². The first-order chi connectivity index (χ1) is 15.3. The van der Waals surface area contributed by atoms with Crippen molar-refractivity contribution in [1.82, 2.24) is 20.2 Å². The Morgan fingerprint density at radius 1 is 1.00 bits per heavy atom. The molecule has 31 heavy (non-hydrogen) atoms. The number of nitrogens with one attached hydrogen (secondary N) is 1. The molecule has 0 saturated carbocycles. The summed E-state index contributed by atoms with van der Waals surface area (Å²) in [7, 11) is 0. The van der Waals surface area contributed by atoms with E-state index < -0.39 is 0 Å². The molecular formula is C25H29N5O. The lowest BCUT2D eigenvalue weighted by Crippen LogP contribution is -2.44. The van der Waals surface area contributed by atoms with E-state index in [2.05, 4.69) is 26.2 Å². The lowest BCUT2D eigenvalue weighted by molar-refractivity contribution is 0.0909. The summed E-state index contributed by atoms with van der Waals surface area (Å²) in [5, 5.41) is 4.31. The van der Waals surface area contributed by atoms with E-state index in [4.69, 9.17) is 4.98 Å². The average molecular weight is 416 g/mol. The number of fused-ring (bicyclic) bond motifs is 1. The van der Waals surface area contributed by atoms with Gasteiger partial charge in [0.05, 0.1) is 16.8 Å². The number of likely N-dealkylation sites (tertiary alicyclic amines) is 1. The Kier molecular flexibility index (Phi) is 5.80. The third kappa shape index (κ3) is 4.54. The minimum atomic E-state index is 0.00308. The van der Waals surface area contributed by atoms with Gasteiger partial charge >= 0.3 is 0 Å². The maximum absolute atomic E-state index is 13.3. The molecule has 1 aromatic carbocycles. The number of para-hydroxylation sites is 1. The molecule has 5 rings (SSSR count). The number of carbonyl (C=O) groups excluding carboxylic acids is 1. The van der Waals surface area contributed by atoms with Gasteiger partial charge in [0, 0.05) is 50.3 Å². The molecule has 2 fully saturated rings. The van der Waals surface area contributed by atoms with Gasteiger partial charge in [-0.15, -0.1) is 0 Å². The van der Waals surface area contributed by atoms with Crippen LogP contribution in [-0.2, 0) is 6.54 Å². The van der Waals surface area contributed by atoms with Crippen molar-refractivity contribution >= 4 is 22.6 Å². The number of hydrogen-bond donors (Lipinski definition) is 1. The largest absolute Gasteiger partial charge is 0.356 e. The molecule has 2 aromatic heterocycles. The minimum Gasteiger partial charge on any atom is -0.356 e. The van der Waals surface area contributed by atoms with Crippen molar-refractivity contribution < 1.29 is 4.79 Å². The Labute approximate surface area is 183 Å². The van der Waals surface area contributed by atoms with Crippen LogP contribution in [0.25, 0.3) is 10.9 Å². The number of aromatic nitrogens is 2. The molecular weight excluding hydrogens is 386 g/mol. The highest BCUT2D eigenvalue weighted by atomic mass is 16.1. The summed E-state index contributed by atoms with van der Waals surface area (Å²) in [6.07, 6.45) is 6.07. The second-order valence-corrected chi connectivity index (χ2v) is 8.59. The van der Waals surface area contributed by atoms with Gasteiger partial charge in [0.15, 0.2) is 0 Å². The van der Waals surface area contributed by atoms with Crippen LogP contribution in [-0.4, -0.2) is 53.0 Å². The Bertz CT molecular complexity index is 1040. The number of anilines is 1. The van der Waals surface area contributed by atoms with Gasteiger partial charge in [-0.1, -0.05) is 24.3 Å². The Morgan fingerprint density at radius 2 is 1.77 bits per heavy atom. The summed E-state index contributed by atoms with van der Waals surface area (Å²) in [4.78, 5) is 27.3. The molecule has 160 valence electrons. The first-order valence-electron chi connectivity index (χ1n) is 11.3. The second kappa shape index (κ2) is 9.02. The lowest BCUT2D eigenvalue weighted by Gasteiger charge is -2.32. The van der Waals surface area contributed by atoms with Gasteiger partial charge in [-0.25, -0.2) is 4.98 Å². The summed E-state index contributed by atoms with van der Waals surface area (Å²) in [6, 6.07) is 16.3. The molecule has 6 nitrogen and oxygen atoms in total. The maximum Gasteiger partial charge on any atom is 0.255 e. The van der Waals surface area contributed by atoms with Crippen LogP contribution >= 0.6 is 0 Å². The Morgan fingerprint density at radius 3 is 2.55 bits per heavy atom. The number of pyridine rings is 2. The highest BCUT2D eigenvalue weighted by Crippen LogP contribution is 2.27. The van der Waals surface area contributed by atoms with Crippen molar-refractivity contribution in [1.29, 1.82) is 0 Å². The number of amides is 1. The van der Waals surface area contributed by atoms with Crippen LogP contribution in [0, 0.1) is 0 Å². The summed E-state index contributed by atoms with van der Waals surface area (Å²) < 4.78 is 0. The molecule has 2 aliphatic rings. The molecule has 0 unspecified atom stereocenters. The molecule has 3 aromatic rings. The zero-order chi connectivity index (χ0) is 21.0. The quantitative estimate of drug-likeness (QED) is 0.690. The molecule has 2 saturated heterocycles. The van der Waals surface area contributed by atoms with Crippen LogP contribution in [0.1, 0.15) is 41.7 Å². The topological polar surface area (TPSA) is 61.4 Å².